The van der Waals surface area contributed by atoms with Crippen molar-refractivity contribution in [3.63, 3.8) is 0 Å². The van der Waals surface area contributed by atoms with Crippen molar-refractivity contribution in [1.29, 1.82) is 0 Å². The summed E-state index contributed by atoms with van der Waals surface area (Å²) in [5.41, 5.74) is 1.77. The molecule has 0 aromatic heterocycles. The number of anilines is 2. The summed E-state index contributed by atoms with van der Waals surface area (Å²) in [5.74, 6) is -0.934. The summed E-state index contributed by atoms with van der Waals surface area (Å²) in [4.78, 5) is 37.7. The summed E-state index contributed by atoms with van der Waals surface area (Å²) in [6, 6.07) is 12.4. The smallest absolute Gasteiger partial charge is 0.253 e. The molecule has 0 atom stereocenters. The number of likely N-dealkylation sites (tertiary alicyclic amines) is 1. The van der Waals surface area contributed by atoms with Crippen LogP contribution in [0, 0.1) is 11.7 Å². The van der Waals surface area contributed by atoms with Crippen LogP contribution in [0.3, 0.4) is 0 Å². The Kier molecular flexibility index (Phi) is 6.03. The van der Waals surface area contributed by atoms with E-state index in [1.807, 2.05) is 0 Å². The first kappa shape index (κ1) is 19.5. The second-order valence-corrected chi connectivity index (χ2v) is 6.82. The molecule has 3 amide bonds. The Hall–Kier alpha value is -3.22. The number of benzene rings is 2. The monoisotopic (exact) mass is 383 g/mol. The highest BCUT2D eigenvalue weighted by atomic mass is 19.1. The number of hydrogen-bond donors (Lipinski definition) is 2. The summed E-state index contributed by atoms with van der Waals surface area (Å²) in [6.07, 6.45) is 1.14. The maximum absolute atomic E-state index is 13.0. The summed E-state index contributed by atoms with van der Waals surface area (Å²) in [6.45, 7) is 2.40. The SMILES string of the molecule is CC(=O)Nc1ccc(NC(=O)C2CCN(C(=O)c3ccc(F)cc3)CC2)cc1. The Morgan fingerprint density at radius 3 is 1.96 bits per heavy atom. The van der Waals surface area contributed by atoms with Crippen molar-refractivity contribution < 1.29 is 18.8 Å². The van der Waals surface area contributed by atoms with Crippen molar-refractivity contribution in [3.05, 3.63) is 59.9 Å². The van der Waals surface area contributed by atoms with Crippen molar-refractivity contribution in [2.45, 2.75) is 19.8 Å². The lowest BCUT2D eigenvalue weighted by Crippen LogP contribution is -2.41. The number of carbonyl (C=O) groups excluding carboxylic acids is 3. The van der Waals surface area contributed by atoms with Crippen molar-refractivity contribution in [1.82, 2.24) is 4.90 Å². The van der Waals surface area contributed by atoms with E-state index in [0.717, 1.165) is 0 Å². The van der Waals surface area contributed by atoms with Gasteiger partial charge in [0.05, 0.1) is 0 Å². The van der Waals surface area contributed by atoms with E-state index in [-0.39, 0.29) is 29.5 Å². The highest BCUT2D eigenvalue weighted by Crippen LogP contribution is 2.22. The molecule has 1 heterocycles. The van der Waals surface area contributed by atoms with Crippen LogP contribution in [0.1, 0.15) is 30.1 Å². The first-order valence-corrected chi connectivity index (χ1v) is 9.16. The molecule has 0 unspecified atom stereocenters. The van der Waals surface area contributed by atoms with Gasteiger partial charge >= 0.3 is 0 Å². The van der Waals surface area contributed by atoms with Gasteiger partial charge in [-0.15, -0.1) is 0 Å². The van der Waals surface area contributed by atoms with Gasteiger partial charge < -0.3 is 15.5 Å². The summed E-state index contributed by atoms with van der Waals surface area (Å²) >= 11 is 0. The zero-order valence-electron chi connectivity index (χ0n) is 15.6. The molecule has 2 aromatic carbocycles. The summed E-state index contributed by atoms with van der Waals surface area (Å²) in [7, 11) is 0. The maximum atomic E-state index is 13.0. The molecule has 2 aromatic rings. The second kappa shape index (κ2) is 8.65. The Balaban J connectivity index is 1.51. The fourth-order valence-corrected chi connectivity index (χ4v) is 3.20. The fraction of sp³-hybridized carbons (Fsp3) is 0.286. The first-order chi connectivity index (χ1) is 13.4. The normalized spacial score (nSPS) is 14.4. The van der Waals surface area contributed by atoms with Gasteiger partial charge in [0.1, 0.15) is 5.82 Å². The molecule has 1 saturated heterocycles. The van der Waals surface area contributed by atoms with Gasteiger partial charge in [0.25, 0.3) is 5.91 Å². The van der Waals surface area contributed by atoms with Crippen molar-refractivity contribution in [3.8, 4) is 0 Å². The summed E-state index contributed by atoms with van der Waals surface area (Å²) in [5, 5.41) is 5.55. The number of halogens is 1. The number of carbonyl (C=O) groups is 3. The maximum Gasteiger partial charge on any atom is 0.253 e. The third-order valence-corrected chi connectivity index (χ3v) is 4.72. The number of nitrogens with one attached hydrogen (secondary N) is 2. The zero-order chi connectivity index (χ0) is 20.1. The number of rotatable bonds is 4. The first-order valence-electron chi connectivity index (χ1n) is 9.16. The van der Waals surface area contributed by atoms with Crippen LogP contribution in [0.15, 0.2) is 48.5 Å². The van der Waals surface area contributed by atoms with Crippen LogP contribution in [0.5, 0.6) is 0 Å². The minimum absolute atomic E-state index is 0.0823. The van der Waals surface area contributed by atoms with E-state index < -0.39 is 0 Å². The molecule has 28 heavy (non-hydrogen) atoms. The van der Waals surface area contributed by atoms with Gasteiger partial charge in [-0.3, -0.25) is 14.4 Å². The molecule has 0 aliphatic carbocycles. The van der Waals surface area contributed by atoms with Gasteiger partial charge in [0, 0.05) is 42.9 Å². The molecule has 0 radical (unpaired) electrons. The van der Waals surface area contributed by atoms with E-state index >= 15 is 0 Å². The highest BCUT2D eigenvalue weighted by Gasteiger charge is 2.27. The molecule has 0 spiro atoms. The van der Waals surface area contributed by atoms with Gasteiger partial charge in [0.15, 0.2) is 0 Å². The quantitative estimate of drug-likeness (QED) is 0.851. The van der Waals surface area contributed by atoms with Crippen molar-refractivity contribution in [2.75, 3.05) is 23.7 Å². The fourth-order valence-electron chi connectivity index (χ4n) is 3.20. The van der Waals surface area contributed by atoms with Crippen molar-refractivity contribution >= 4 is 29.1 Å². The molecular weight excluding hydrogens is 361 g/mol. The molecule has 6 nitrogen and oxygen atoms in total. The Bertz CT molecular complexity index is 857. The van der Waals surface area contributed by atoms with E-state index in [0.29, 0.717) is 42.9 Å². The number of amides is 3. The molecule has 1 aliphatic heterocycles. The van der Waals surface area contributed by atoms with Crippen LogP contribution >= 0.6 is 0 Å². The largest absolute Gasteiger partial charge is 0.339 e. The number of hydrogen-bond acceptors (Lipinski definition) is 3. The third-order valence-electron chi connectivity index (χ3n) is 4.72. The average molecular weight is 383 g/mol. The minimum Gasteiger partial charge on any atom is -0.339 e. The molecule has 3 rings (SSSR count). The van der Waals surface area contributed by atoms with Gasteiger partial charge in [-0.1, -0.05) is 0 Å². The van der Waals surface area contributed by atoms with E-state index in [2.05, 4.69) is 10.6 Å². The predicted octanol–water partition coefficient (Wildman–Crippen LogP) is 3.28. The number of nitrogens with zero attached hydrogens (tertiary/aromatic N) is 1. The van der Waals surface area contributed by atoms with Crippen LogP contribution in [0.4, 0.5) is 15.8 Å². The van der Waals surface area contributed by atoms with Crippen LogP contribution < -0.4 is 10.6 Å². The lowest BCUT2D eigenvalue weighted by Gasteiger charge is -2.31. The summed E-state index contributed by atoms with van der Waals surface area (Å²) < 4.78 is 13.0. The van der Waals surface area contributed by atoms with Crippen LogP contribution in [0.2, 0.25) is 0 Å². The molecule has 0 bridgehead atoms. The average Bonchev–Trinajstić information content (AvgIpc) is 2.69. The number of piperidine rings is 1. The Labute approximate surface area is 162 Å². The Morgan fingerprint density at radius 2 is 1.43 bits per heavy atom. The van der Waals surface area contributed by atoms with Gasteiger partial charge in [-0.25, -0.2) is 4.39 Å². The lowest BCUT2D eigenvalue weighted by molar-refractivity contribution is -0.121. The molecule has 7 heteroatoms. The Morgan fingerprint density at radius 1 is 0.893 bits per heavy atom. The minimum atomic E-state index is -0.378. The molecule has 0 saturated carbocycles. The lowest BCUT2D eigenvalue weighted by atomic mass is 9.95. The zero-order valence-corrected chi connectivity index (χ0v) is 15.6. The van der Waals surface area contributed by atoms with E-state index in [9.17, 15) is 18.8 Å². The molecule has 146 valence electrons. The van der Waals surface area contributed by atoms with Gasteiger partial charge in [-0.05, 0) is 61.4 Å². The van der Waals surface area contributed by atoms with Crippen LogP contribution in [-0.2, 0) is 9.59 Å². The van der Waals surface area contributed by atoms with Gasteiger partial charge in [0.2, 0.25) is 11.8 Å². The van der Waals surface area contributed by atoms with E-state index in [1.54, 1.807) is 29.2 Å². The molecule has 1 fully saturated rings. The van der Waals surface area contributed by atoms with Crippen LogP contribution in [-0.4, -0.2) is 35.7 Å². The second-order valence-electron chi connectivity index (χ2n) is 6.82. The van der Waals surface area contributed by atoms with E-state index in [1.165, 1.54) is 31.2 Å². The van der Waals surface area contributed by atoms with E-state index in [4.69, 9.17) is 0 Å². The molecule has 1 aliphatic rings. The predicted molar refractivity (Wildman–Crippen MR) is 104 cm³/mol. The van der Waals surface area contributed by atoms with Gasteiger partial charge in [-0.2, -0.15) is 0 Å². The standard InChI is InChI=1S/C21H22FN3O3/c1-14(26)23-18-6-8-19(9-7-18)24-20(27)15-10-12-25(13-11-15)21(28)16-2-4-17(22)5-3-16/h2-9,15H,10-13H2,1H3,(H,23,26)(H,24,27). The van der Waals surface area contributed by atoms with Crippen molar-refractivity contribution in [2.24, 2.45) is 5.92 Å². The van der Waals surface area contributed by atoms with Crippen LogP contribution in [0.25, 0.3) is 0 Å². The molecular formula is C21H22FN3O3. The topological polar surface area (TPSA) is 78.5 Å². The molecule has 2 N–H and O–H groups in total. The third kappa shape index (κ3) is 4.94. The highest BCUT2D eigenvalue weighted by molar-refractivity contribution is 5.95.